The van der Waals surface area contributed by atoms with Gasteiger partial charge in [0.25, 0.3) is 11.3 Å². The van der Waals surface area contributed by atoms with Crippen molar-refractivity contribution >= 4 is 39.9 Å². The number of benzene rings is 2. The van der Waals surface area contributed by atoms with E-state index >= 15 is 0 Å². The van der Waals surface area contributed by atoms with Crippen LogP contribution in [0.5, 0.6) is 0 Å². The maximum absolute atomic E-state index is 12.1. The van der Waals surface area contributed by atoms with E-state index in [9.17, 15) is 18.7 Å². The fourth-order valence-electron chi connectivity index (χ4n) is 2.72. The number of aryl methyl sites for hydroxylation is 2. The van der Waals surface area contributed by atoms with Crippen molar-refractivity contribution < 1.29 is 18.7 Å². The molecule has 0 fully saturated rings. The first-order chi connectivity index (χ1) is 12.4. The second-order valence-corrected chi connectivity index (χ2v) is 7.69. The maximum Gasteiger partial charge on any atom is 0.348 e. The van der Waals surface area contributed by atoms with Crippen LogP contribution in [0.3, 0.4) is 0 Å². The Morgan fingerprint density at radius 3 is 2.38 bits per heavy atom. The molecule has 0 spiro atoms. The summed E-state index contributed by atoms with van der Waals surface area (Å²) in [5.41, 5.74) is 3.39. The van der Waals surface area contributed by atoms with Crippen LogP contribution in [-0.4, -0.2) is 19.8 Å². The maximum atomic E-state index is 12.1. The Balaban J connectivity index is 2.20. The van der Waals surface area contributed by atoms with E-state index in [-0.39, 0.29) is 10.6 Å². The standard InChI is InChI=1S/C19H17NO4S2/c1-12-6-5-8-14(10-12)17-11-16(18(25-17)19(21)22)20(26(23)24)15-9-4-3-7-13(15)2/h3-11H,1-2H3,(H,21,22)(H,23,24). The Morgan fingerprint density at radius 1 is 1.04 bits per heavy atom. The van der Waals surface area contributed by atoms with Gasteiger partial charge >= 0.3 is 5.97 Å². The Morgan fingerprint density at radius 2 is 1.77 bits per heavy atom. The smallest absolute Gasteiger partial charge is 0.348 e. The monoisotopic (exact) mass is 387 g/mol. The summed E-state index contributed by atoms with van der Waals surface area (Å²) in [6.45, 7) is 3.77. The molecule has 2 aromatic carbocycles. The molecule has 5 nitrogen and oxygen atoms in total. The number of aromatic carboxylic acids is 1. The highest BCUT2D eigenvalue weighted by molar-refractivity contribution is 7.81. The fraction of sp³-hybridized carbons (Fsp3) is 0.105. The van der Waals surface area contributed by atoms with Crippen LogP contribution in [0.1, 0.15) is 20.8 Å². The average Bonchev–Trinajstić information content (AvgIpc) is 3.02. The van der Waals surface area contributed by atoms with Gasteiger partial charge in [0.2, 0.25) is 0 Å². The highest BCUT2D eigenvalue weighted by Crippen LogP contribution is 2.41. The molecule has 26 heavy (non-hydrogen) atoms. The molecule has 7 heteroatoms. The zero-order valence-corrected chi connectivity index (χ0v) is 15.8. The van der Waals surface area contributed by atoms with E-state index < -0.39 is 17.2 Å². The molecule has 0 aliphatic carbocycles. The summed E-state index contributed by atoms with van der Waals surface area (Å²) in [7, 11) is 0. The van der Waals surface area contributed by atoms with Crippen LogP contribution in [0.25, 0.3) is 10.4 Å². The third kappa shape index (κ3) is 3.55. The minimum absolute atomic E-state index is 0.0205. The number of rotatable bonds is 5. The zero-order chi connectivity index (χ0) is 18.8. The predicted octanol–water partition coefficient (Wildman–Crippen LogP) is 5.00. The van der Waals surface area contributed by atoms with Gasteiger partial charge in [0.1, 0.15) is 4.88 Å². The topological polar surface area (TPSA) is 77.8 Å². The van der Waals surface area contributed by atoms with Gasteiger partial charge in [0.15, 0.2) is 0 Å². The van der Waals surface area contributed by atoms with Crippen LogP contribution in [0.2, 0.25) is 0 Å². The summed E-state index contributed by atoms with van der Waals surface area (Å²) in [6.07, 6.45) is 0. The molecule has 0 aliphatic heterocycles. The van der Waals surface area contributed by atoms with Crippen molar-refractivity contribution in [2.24, 2.45) is 0 Å². The zero-order valence-electron chi connectivity index (χ0n) is 14.2. The van der Waals surface area contributed by atoms with E-state index in [2.05, 4.69) is 0 Å². The van der Waals surface area contributed by atoms with Crippen molar-refractivity contribution in [3.63, 3.8) is 0 Å². The summed E-state index contributed by atoms with van der Waals surface area (Å²) in [5, 5.41) is 9.63. The molecule has 3 rings (SSSR count). The second-order valence-electron chi connectivity index (χ2n) is 5.81. The third-order valence-corrected chi connectivity index (χ3v) is 5.79. The van der Waals surface area contributed by atoms with Gasteiger partial charge in [-0.1, -0.05) is 48.0 Å². The Kier molecular flexibility index (Phi) is 5.22. The van der Waals surface area contributed by atoms with Gasteiger partial charge < -0.3 is 5.11 Å². The highest BCUT2D eigenvalue weighted by atomic mass is 32.2. The van der Waals surface area contributed by atoms with Gasteiger partial charge in [0, 0.05) is 4.88 Å². The Bertz CT molecular complexity index is 997. The van der Waals surface area contributed by atoms with Gasteiger partial charge in [0.05, 0.1) is 11.4 Å². The molecule has 0 amide bonds. The van der Waals surface area contributed by atoms with Crippen molar-refractivity contribution in [1.29, 1.82) is 0 Å². The van der Waals surface area contributed by atoms with Crippen molar-refractivity contribution in [3.05, 3.63) is 70.6 Å². The molecule has 0 saturated carbocycles. The molecular formula is C19H17NO4S2. The normalized spacial score (nSPS) is 12.0. The molecule has 1 aromatic heterocycles. The van der Waals surface area contributed by atoms with Crippen LogP contribution in [0.15, 0.2) is 54.6 Å². The van der Waals surface area contributed by atoms with Crippen LogP contribution in [0.4, 0.5) is 11.4 Å². The minimum atomic E-state index is -2.41. The summed E-state index contributed by atoms with van der Waals surface area (Å²) >= 11 is -1.32. The quantitative estimate of drug-likeness (QED) is 0.604. The summed E-state index contributed by atoms with van der Waals surface area (Å²) < 4.78 is 23.1. The molecule has 1 heterocycles. The Hall–Kier alpha value is -2.48. The summed E-state index contributed by atoms with van der Waals surface area (Å²) in [5.74, 6) is -1.13. The van der Waals surface area contributed by atoms with Gasteiger partial charge in [-0.2, -0.15) is 0 Å². The predicted molar refractivity (Wildman–Crippen MR) is 106 cm³/mol. The number of para-hydroxylation sites is 1. The summed E-state index contributed by atoms with van der Waals surface area (Å²) in [6, 6.07) is 16.4. The van der Waals surface area contributed by atoms with E-state index in [0.717, 1.165) is 37.2 Å². The lowest BCUT2D eigenvalue weighted by Crippen LogP contribution is -2.21. The van der Waals surface area contributed by atoms with Crippen LogP contribution >= 0.6 is 11.3 Å². The summed E-state index contributed by atoms with van der Waals surface area (Å²) in [4.78, 5) is 12.5. The number of thiophene rings is 1. The second kappa shape index (κ2) is 7.41. The van der Waals surface area contributed by atoms with Gasteiger partial charge in [-0.3, -0.25) is 4.55 Å². The first kappa shape index (κ1) is 18.3. The van der Waals surface area contributed by atoms with E-state index in [1.165, 1.54) is 0 Å². The average molecular weight is 387 g/mol. The van der Waals surface area contributed by atoms with Crippen LogP contribution in [0, 0.1) is 13.8 Å². The number of hydrogen-bond donors (Lipinski definition) is 2. The number of carbonyl (C=O) groups is 1. The first-order valence-electron chi connectivity index (χ1n) is 7.79. The van der Waals surface area contributed by atoms with Crippen molar-refractivity contribution in [1.82, 2.24) is 0 Å². The lowest BCUT2D eigenvalue weighted by Gasteiger charge is -2.21. The fourth-order valence-corrected chi connectivity index (χ4v) is 4.44. The SMILES string of the molecule is Cc1cccc(-c2cc(N(c3ccccc3C)S(=O)O)c(C(=O)O)s2)c1. The van der Waals surface area contributed by atoms with Crippen molar-refractivity contribution in [3.8, 4) is 10.4 Å². The van der Waals surface area contributed by atoms with Crippen LogP contribution in [-0.2, 0) is 11.3 Å². The third-order valence-electron chi connectivity index (χ3n) is 3.92. The molecule has 2 N–H and O–H groups in total. The number of hydrogen-bond acceptors (Lipinski definition) is 3. The number of carboxylic acid groups (broad SMARTS) is 1. The van der Waals surface area contributed by atoms with Crippen LogP contribution < -0.4 is 4.31 Å². The number of nitrogens with zero attached hydrogens (tertiary/aromatic N) is 1. The molecule has 0 radical (unpaired) electrons. The molecule has 0 saturated heterocycles. The van der Waals surface area contributed by atoms with E-state index in [0.29, 0.717) is 5.69 Å². The molecule has 0 bridgehead atoms. The lowest BCUT2D eigenvalue weighted by molar-refractivity contribution is 0.0703. The Labute approximate surface area is 158 Å². The molecule has 1 atom stereocenters. The molecule has 1 unspecified atom stereocenters. The van der Waals surface area contributed by atoms with Gasteiger partial charge in [-0.05, 0) is 37.1 Å². The lowest BCUT2D eigenvalue weighted by atomic mass is 10.1. The van der Waals surface area contributed by atoms with Gasteiger partial charge in [-0.15, -0.1) is 11.3 Å². The van der Waals surface area contributed by atoms with Crippen molar-refractivity contribution in [2.45, 2.75) is 13.8 Å². The highest BCUT2D eigenvalue weighted by Gasteiger charge is 2.26. The van der Waals surface area contributed by atoms with Gasteiger partial charge in [-0.25, -0.2) is 13.3 Å². The molecule has 134 valence electrons. The number of anilines is 2. The van der Waals surface area contributed by atoms with E-state index in [1.54, 1.807) is 18.2 Å². The molecular weight excluding hydrogens is 370 g/mol. The molecule has 0 aliphatic rings. The minimum Gasteiger partial charge on any atom is -0.477 e. The number of carboxylic acids is 1. The van der Waals surface area contributed by atoms with Crippen molar-refractivity contribution in [2.75, 3.05) is 4.31 Å². The molecule has 3 aromatic rings. The van der Waals surface area contributed by atoms with E-state index in [4.69, 9.17) is 0 Å². The van der Waals surface area contributed by atoms with E-state index in [1.807, 2.05) is 50.2 Å². The first-order valence-corrected chi connectivity index (χ1v) is 9.67. The largest absolute Gasteiger partial charge is 0.477 e.